The van der Waals surface area contributed by atoms with Crippen molar-refractivity contribution in [2.24, 2.45) is 0 Å². The molecule has 2 heterocycles. The van der Waals surface area contributed by atoms with E-state index in [1.165, 1.54) is 43.8 Å². The van der Waals surface area contributed by atoms with Gasteiger partial charge in [-0.1, -0.05) is 131 Å². The molecule has 0 atom stereocenters. The van der Waals surface area contributed by atoms with E-state index in [-0.39, 0.29) is 30.9 Å². The van der Waals surface area contributed by atoms with Gasteiger partial charge in [-0.2, -0.15) is 0 Å². The molecule has 0 spiro atoms. The summed E-state index contributed by atoms with van der Waals surface area (Å²) < 4.78 is 0. The molecule has 0 unspecified atom stereocenters. The molecule has 0 saturated heterocycles. The first-order chi connectivity index (χ1) is 22.1. The van der Waals surface area contributed by atoms with Gasteiger partial charge in [0, 0.05) is 32.5 Å². The molecule has 237 valence electrons. The zero-order chi connectivity index (χ0) is 32.3. The van der Waals surface area contributed by atoms with Gasteiger partial charge in [-0.15, -0.1) is 64.5 Å². The first-order valence-electron chi connectivity index (χ1n) is 15.9. The van der Waals surface area contributed by atoms with Crippen LogP contribution in [0.2, 0.25) is 0 Å². The maximum Gasteiger partial charge on any atom is 0.0163 e. The van der Waals surface area contributed by atoms with Gasteiger partial charge in [-0.25, -0.2) is 0 Å². The molecule has 7 aromatic rings. The Morgan fingerprint density at radius 1 is 0.489 bits per heavy atom. The zero-order valence-electron chi connectivity index (χ0n) is 27.9. The molecule has 0 aliphatic rings. The normalized spacial score (nSPS) is 11.4. The summed E-state index contributed by atoms with van der Waals surface area (Å²) in [5.41, 5.74) is 9.26. The minimum Gasteiger partial charge on any atom is -0.305 e. The van der Waals surface area contributed by atoms with Gasteiger partial charge in [-0.3, -0.25) is 0 Å². The second-order valence-electron chi connectivity index (χ2n) is 13.9. The van der Waals surface area contributed by atoms with Crippen LogP contribution in [0.15, 0.2) is 134 Å². The Balaban J connectivity index is 0.000000181. The van der Waals surface area contributed by atoms with E-state index in [0.29, 0.717) is 0 Å². The molecular formula is C44H40IrN2-2. The molecule has 0 fully saturated rings. The van der Waals surface area contributed by atoms with E-state index in [1.54, 1.807) is 0 Å². The number of hydrogen-bond acceptors (Lipinski definition) is 2. The Morgan fingerprint density at radius 3 is 1.70 bits per heavy atom. The predicted molar refractivity (Wildman–Crippen MR) is 195 cm³/mol. The minimum atomic E-state index is 0. The van der Waals surface area contributed by atoms with E-state index < -0.39 is 0 Å². The predicted octanol–water partition coefficient (Wildman–Crippen LogP) is 11.7. The van der Waals surface area contributed by atoms with Crippen LogP contribution in [-0.2, 0) is 30.9 Å². The number of nitrogens with zero attached hydrogens (tertiary/aromatic N) is 2. The third-order valence-electron chi connectivity index (χ3n) is 8.39. The molecule has 0 bridgehead atoms. The van der Waals surface area contributed by atoms with Gasteiger partial charge in [0.15, 0.2) is 0 Å². The minimum absolute atomic E-state index is 0. The molecule has 5 aromatic carbocycles. The largest absolute Gasteiger partial charge is 0.305 e. The van der Waals surface area contributed by atoms with Crippen molar-refractivity contribution in [3.8, 4) is 33.6 Å². The summed E-state index contributed by atoms with van der Waals surface area (Å²) in [6.45, 7) is 13.3. The van der Waals surface area contributed by atoms with Crippen molar-refractivity contribution in [1.29, 1.82) is 0 Å². The molecule has 0 N–H and O–H groups in total. The molecule has 1 radical (unpaired) electrons. The smallest absolute Gasteiger partial charge is 0.0163 e. The van der Waals surface area contributed by atoms with Gasteiger partial charge in [0.1, 0.15) is 0 Å². The summed E-state index contributed by atoms with van der Waals surface area (Å²) in [5, 5.41) is 5.00. The Labute approximate surface area is 293 Å². The van der Waals surface area contributed by atoms with Crippen LogP contribution in [0, 0.1) is 12.1 Å². The van der Waals surface area contributed by atoms with Crippen molar-refractivity contribution in [3.63, 3.8) is 0 Å². The molecule has 3 heteroatoms. The second-order valence-corrected chi connectivity index (χ2v) is 13.9. The fourth-order valence-electron chi connectivity index (χ4n) is 5.61. The number of rotatable bonds is 3. The molecule has 7 rings (SSSR count). The number of benzene rings is 5. The fourth-order valence-corrected chi connectivity index (χ4v) is 5.61. The summed E-state index contributed by atoms with van der Waals surface area (Å²) in [5.74, 6) is 0. The van der Waals surface area contributed by atoms with Crippen LogP contribution in [-0.4, -0.2) is 9.97 Å². The van der Waals surface area contributed by atoms with Crippen molar-refractivity contribution in [3.05, 3.63) is 157 Å². The molecule has 47 heavy (non-hydrogen) atoms. The molecule has 2 nitrogen and oxygen atoms in total. The SMILES string of the molecule is CC(C)(C)c1ccnc(-c2[c-]cc3c(ccc4ccccc43)c2)c1.CC(C)(C)c1ccnc(-c2[c-]ccc(-c3ccccc3)c2)c1.[Ir]. The summed E-state index contributed by atoms with van der Waals surface area (Å²) in [6.07, 6.45) is 3.79. The Morgan fingerprint density at radius 2 is 1.06 bits per heavy atom. The van der Waals surface area contributed by atoms with Crippen molar-refractivity contribution in [1.82, 2.24) is 9.97 Å². The first-order valence-corrected chi connectivity index (χ1v) is 15.9. The number of fused-ring (bicyclic) bond motifs is 3. The van der Waals surface area contributed by atoms with Crippen molar-refractivity contribution in [2.45, 2.75) is 52.4 Å². The van der Waals surface area contributed by atoms with Crippen molar-refractivity contribution < 1.29 is 20.1 Å². The topological polar surface area (TPSA) is 25.8 Å². The summed E-state index contributed by atoms with van der Waals surface area (Å²) >= 11 is 0. The fraction of sp³-hybridized carbons (Fsp3) is 0.182. The standard InChI is InChI=1S/C23H20N.C21H20N.Ir/c1-23(2,3)19-12-13-24-22(15-19)18-10-11-21-17(14-18)9-8-16-6-4-5-7-20(16)21;1-21(2,3)19-12-13-22-20(15-19)18-11-7-10-17(14-18)16-8-5-4-6-9-16;/h4-9,11-15H,1-3H3;4-10,12-15H,1-3H3;/q2*-1;. The van der Waals surface area contributed by atoms with Gasteiger partial charge < -0.3 is 9.97 Å². The van der Waals surface area contributed by atoms with E-state index in [0.717, 1.165) is 22.5 Å². The van der Waals surface area contributed by atoms with Gasteiger partial charge in [-0.05, 0) is 56.4 Å². The maximum absolute atomic E-state index is 4.56. The molecule has 0 saturated carbocycles. The van der Waals surface area contributed by atoms with E-state index in [9.17, 15) is 0 Å². The zero-order valence-corrected chi connectivity index (χ0v) is 30.3. The van der Waals surface area contributed by atoms with Crippen LogP contribution < -0.4 is 0 Å². The molecule has 0 aliphatic carbocycles. The van der Waals surface area contributed by atoms with Crippen LogP contribution in [0.1, 0.15) is 52.7 Å². The van der Waals surface area contributed by atoms with Crippen LogP contribution in [0.5, 0.6) is 0 Å². The van der Waals surface area contributed by atoms with Gasteiger partial charge in [0.2, 0.25) is 0 Å². The van der Waals surface area contributed by atoms with Gasteiger partial charge in [0.05, 0.1) is 0 Å². The van der Waals surface area contributed by atoms with E-state index in [4.69, 9.17) is 0 Å². The number of pyridine rings is 2. The van der Waals surface area contributed by atoms with Crippen LogP contribution in [0.3, 0.4) is 0 Å². The van der Waals surface area contributed by atoms with E-state index in [2.05, 4.69) is 173 Å². The van der Waals surface area contributed by atoms with E-state index in [1.807, 2.05) is 24.5 Å². The molecule has 2 aromatic heterocycles. The molecular weight excluding hydrogens is 749 g/mol. The quantitative estimate of drug-likeness (QED) is 0.132. The van der Waals surface area contributed by atoms with Gasteiger partial charge in [0.25, 0.3) is 0 Å². The second kappa shape index (κ2) is 14.1. The first kappa shape index (κ1) is 33.9. The summed E-state index contributed by atoms with van der Waals surface area (Å²) in [4.78, 5) is 9.09. The number of hydrogen-bond donors (Lipinski definition) is 0. The Hall–Kier alpha value is -4.43. The van der Waals surface area contributed by atoms with Crippen LogP contribution >= 0.6 is 0 Å². The summed E-state index contributed by atoms with van der Waals surface area (Å²) in [6, 6.07) is 49.0. The molecule has 0 aliphatic heterocycles. The van der Waals surface area contributed by atoms with Crippen LogP contribution in [0.25, 0.3) is 55.2 Å². The molecule has 0 amide bonds. The Bertz CT molecular complexity index is 2120. The third-order valence-corrected chi connectivity index (χ3v) is 8.39. The van der Waals surface area contributed by atoms with Crippen molar-refractivity contribution >= 4 is 21.5 Å². The van der Waals surface area contributed by atoms with Gasteiger partial charge >= 0.3 is 0 Å². The third kappa shape index (κ3) is 7.93. The maximum atomic E-state index is 4.56. The van der Waals surface area contributed by atoms with E-state index >= 15 is 0 Å². The number of aromatic nitrogens is 2. The summed E-state index contributed by atoms with van der Waals surface area (Å²) in [7, 11) is 0. The van der Waals surface area contributed by atoms with Crippen LogP contribution in [0.4, 0.5) is 0 Å². The Kier molecular flexibility index (Phi) is 10.2. The average molecular weight is 789 g/mol. The average Bonchev–Trinajstić information content (AvgIpc) is 3.08. The monoisotopic (exact) mass is 789 g/mol. The van der Waals surface area contributed by atoms with Crippen molar-refractivity contribution in [2.75, 3.05) is 0 Å².